The van der Waals surface area contributed by atoms with Crippen LogP contribution in [-0.2, 0) is 0 Å². The van der Waals surface area contributed by atoms with Gasteiger partial charge in [0.15, 0.2) is 0 Å². The number of rotatable bonds is 2. The van der Waals surface area contributed by atoms with Gasteiger partial charge in [-0.1, -0.05) is 6.92 Å². The molecule has 1 aromatic rings. The number of anilines is 2. The number of piperazine rings is 1. The maximum absolute atomic E-state index is 5.84. The van der Waals surface area contributed by atoms with E-state index in [0.29, 0.717) is 0 Å². The first kappa shape index (κ1) is 12.6. The van der Waals surface area contributed by atoms with Gasteiger partial charge >= 0.3 is 0 Å². The first-order chi connectivity index (χ1) is 8.13. The molecule has 2 N–H and O–H groups in total. The molecule has 1 aliphatic heterocycles. The van der Waals surface area contributed by atoms with Crippen molar-refractivity contribution < 1.29 is 0 Å². The van der Waals surface area contributed by atoms with Crippen molar-refractivity contribution in [2.24, 2.45) is 0 Å². The molecule has 1 fully saturated rings. The number of likely N-dealkylation sites (N-methyl/N-ethyl adjacent to an activating group) is 1. The zero-order valence-corrected chi connectivity index (χ0v) is 12.0. The van der Waals surface area contributed by atoms with Gasteiger partial charge in [0, 0.05) is 26.2 Å². The molecule has 0 amide bonds. The summed E-state index contributed by atoms with van der Waals surface area (Å²) in [5.74, 6) is 1.02. The lowest BCUT2D eigenvalue weighted by Gasteiger charge is -2.35. The third-order valence-electron chi connectivity index (χ3n) is 3.40. The summed E-state index contributed by atoms with van der Waals surface area (Å²) in [6, 6.07) is 0. The van der Waals surface area contributed by atoms with Crippen LogP contribution in [0.2, 0.25) is 0 Å². The van der Waals surface area contributed by atoms with Crippen LogP contribution >= 0.6 is 15.9 Å². The van der Waals surface area contributed by atoms with Gasteiger partial charge in [0.1, 0.15) is 5.82 Å². The Hall–Kier alpha value is -0.810. The van der Waals surface area contributed by atoms with Crippen molar-refractivity contribution in [1.29, 1.82) is 0 Å². The molecule has 17 heavy (non-hydrogen) atoms. The van der Waals surface area contributed by atoms with Crippen molar-refractivity contribution in [3.63, 3.8) is 0 Å². The zero-order valence-electron chi connectivity index (χ0n) is 10.4. The Morgan fingerprint density at radius 1 is 1.35 bits per heavy atom. The van der Waals surface area contributed by atoms with Crippen molar-refractivity contribution in [2.75, 3.05) is 43.4 Å². The number of nitrogen functional groups attached to an aromatic ring is 1. The van der Waals surface area contributed by atoms with Crippen molar-refractivity contribution in [2.45, 2.75) is 13.8 Å². The fourth-order valence-corrected chi connectivity index (χ4v) is 2.66. The van der Waals surface area contributed by atoms with Crippen molar-refractivity contribution in [1.82, 2.24) is 9.88 Å². The Labute approximate surface area is 111 Å². The van der Waals surface area contributed by atoms with Crippen molar-refractivity contribution in [3.05, 3.63) is 16.2 Å². The minimum Gasteiger partial charge on any atom is -0.397 e. The van der Waals surface area contributed by atoms with Gasteiger partial charge in [0.2, 0.25) is 0 Å². The fourth-order valence-electron chi connectivity index (χ4n) is 2.07. The highest BCUT2D eigenvalue weighted by Crippen LogP contribution is 2.30. The number of pyridine rings is 1. The van der Waals surface area contributed by atoms with Crippen LogP contribution in [0, 0.1) is 6.92 Å². The molecule has 2 heterocycles. The number of nitrogens with zero attached hydrogens (tertiary/aromatic N) is 3. The zero-order chi connectivity index (χ0) is 12.4. The van der Waals surface area contributed by atoms with Crippen LogP contribution in [-0.4, -0.2) is 42.6 Å². The molecular formula is C12H19BrN4. The summed E-state index contributed by atoms with van der Waals surface area (Å²) in [5.41, 5.74) is 7.66. The third kappa shape index (κ3) is 2.55. The van der Waals surface area contributed by atoms with Crippen molar-refractivity contribution >= 4 is 27.4 Å². The molecule has 5 heteroatoms. The van der Waals surface area contributed by atoms with Crippen LogP contribution in [0.4, 0.5) is 11.5 Å². The summed E-state index contributed by atoms with van der Waals surface area (Å²) in [6.07, 6.45) is 1.75. The number of halogens is 1. The van der Waals surface area contributed by atoms with E-state index in [1.807, 2.05) is 6.92 Å². The Bertz CT molecular complexity index is 400. The molecule has 0 radical (unpaired) electrons. The van der Waals surface area contributed by atoms with Crippen LogP contribution in [0.3, 0.4) is 0 Å². The van der Waals surface area contributed by atoms with E-state index in [-0.39, 0.29) is 0 Å². The van der Waals surface area contributed by atoms with Crippen LogP contribution in [0.25, 0.3) is 0 Å². The highest BCUT2D eigenvalue weighted by molar-refractivity contribution is 9.10. The Balaban J connectivity index is 2.16. The number of nitrogens with two attached hydrogens (primary N) is 1. The largest absolute Gasteiger partial charge is 0.397 e. The van der Waals surface area contributed by atoms with Gasteiger partial charge in [-0.3, -0.25) is 0 Å². The predicted octanol–water partition coefficient (Wildman–Crippen LogP) is 1.88. The molecule has 0 aliphatic carbocycles. The van der Waals surface area contributed by atoms with Gasteiger partial charge in [-0.05, 0) is 35.0 Å². The summed E-state index contributed by atoms with van der Waals surface area (Å²) in [6.45, 7) is 9.63. The van der Waals surface area contributed by atoms with E-state index < -0.39 is 0 Å². The molecule has 2 rings (SSSR count). The Kier molecular flexibility index (Phi) is 3.89. The molecule has 94 valence electrons. The molecule has 0 aromatic carbocycles. The van der Waals surface area contributed by atoms with E-state index in [9.17, 15) is 0 Å². The highest BCUT2D eigenvalue weighted by atomic mass is 79.9. The lowest BCUT2D eigenvalue weighted by atomic mass is 10.2. The summed E-state index contributed by atoms with van der Waals surface area (Å²) in [5, 5.41) is 0. The second-order valence-corrected chi connectivity index (χ2v) is 5.19. The summed E-state index contributed by atoms with van der Waals surface area (Å²) < 4.78 is 1.03. The van der Waals surface area contributed by atoms with Crippen LogP contribution < -0.4 is 10.6 Å². The minimum absolute atomic E-state index is 0.743. The van der Waals surface area contributed by atoms with E-state index >= 15 is 0 Å². The lowest BCUT2D eigenvalue weighted by Crippen LogP contribution is -2.46. The SMILES string of the molecule is CCN1CCN(c2ncc(N)c(C)c2Br)CC1. The third-order valence-corrected chi connectivity index (χ3v) is 4.35. The topological polar surface area (TPSA) is 45.4 Å². The molecule has 1 aromatic heterocycles. The second-order valence-electron chi connectivity index (χ2n) is 4.40. The first-order valence-electron chi connectivity index (χ1n) is 6.01. The quantitative estimate of drug-likeness (QED) is 0.905. The summed E-state index contributed by atoms with van der Waals surface area (Å²) in [4.78, 5) is 9.22. The Morgan fingerprint density at radius 2 is 2.00 bits per heavy atom. The summed E-state index contributed by atoms with van der Waals surface area (Å²) >= 11 is 3.60. The molecule has 0 unspecified atom stereocenters. The van der Waals surface area contributed by atoms with Gasteiger partial charge < -0.3 is 15.5 Å². The molecule has 4 nitrogen and oxygen atoms in total. The molecule has 1 aliphatic rings. The van der Waals surface area contributed by atoms with E-state index in [0.717, 1.165) is 54.3 Å². The fraction of sp³-hybridized carbons (Fsp3) is 0.583. The summed E-state index contributed by atoms with van der Waals surface area (Å²) in [7, 11) is 0. The predicted molar refractivity (Wildman–Crippen MR) is 75.4 cm³/mol. The standard InChI is InChI=1S/C12H19BrN4/c1-3-16-4-6-17(7-5-16)12-11(13)9(2)10(14)8-15-12/h8H,3-7,14H2,1-2H3. The smallest absolute Gasteiger partial charge is 0.143 e. The van der Waals surface area contributed by atoms with Gasteiger partial charge in [0.05, 0.1) is 16.4 Å². The molecule has 1 saturated heterocycles. The average molecular weight is 299 g/mol. The van der Waals surface area contributed by atoms with E-state index in [2.05, 4.69) is 37.6 Å². The second kappa shape index (κ2) is 5.23. The number of aromatic nitrogens is 1. The molecule has 0 spiro atoms. The Morgan fingerprint density at radius 3 is 2.59 bits per heavy atom. The van der Waals surface area contributed by atoms with Gasteiger partial charge in [-0.25, -0.2) is 4.98 Å². The van der Waals surface area contributed by atoms with Crippen molar-refractivity contribution in [3.8, 4) is 0 Å². The number of hydrogen-bond donors (Lipinski definition) is 1. The maximum Gasteiger partial charge on any atom is 0.143 e. The van der Waals surface area contributed by atoms with Crippen LogP contribution in [0.15, 0.2) is 10.7 Å². The van der Waals surface area contributed by atoms with Gasteiger partial charge in [-0.2, -0.15) is 0 Å². The van der Waals surface area contributed by atoms with Crippen LogP contribution in [0.1, 0.15) is 12.5 Å². The average Bonchev–Trinajstić information content (AvgIpc) is 2.36. The van der Waals surface area contributed by atoms with Gasteiger partial charge in [0.25, 0.3) is 0 Å². The number of hydrogen-bond acceptors (Lipinski definition) is 4. The first-order valence-corrected chi connectivity index (χ1v) is 6.80. The monoisotopic (exact) mass is 298 g/mol. The van der Waals surface area contributed by atoms with E-state index in [4.69, 9.17) is 5.73 Å². The lowest BCUT2D eigenvalue weighted by molar-refractivity contribution is 0.270. The van der Waals surface area contributed by atoms with Crippen LogP contribution in [0.5, 0.6) is 0 Å². The molecule has 0 bridgehead atoms. The van der Waals surface area contributed by atoms with Gasteiger partial charge in [-0.15, -0.1) is 0 Å². The molecule has 0 atom stereocenters. The van der Waals surface area contributed by atoms with E-state index in [1.54, 1.807) is 6.20 Å². The maximum atomic E-state index is 5.84. The molecular weight excluding hydrogens is 280 g/mol. The minimum atomic E-state index is 0.743. The van der Waals surface area contributed by atoms with E-state index in [1.165, 1.54) is 0 Å². The molecule has 0 saturated carbocycles. The normalized spacial score (nSPS) is 17.5. The highest BCUT2D eigenvalue weighted by Gasteiger charge is 2.19.